The van der Waals surface area contributed by atoms with Gasteiger partial charge in [-0.15, -0.1) is 0 Å². The summed E-state index contributed by atoms with van der Waals surface area (Å²) in [5.41, 5.74) is -2.31. The fraction of sp³-hybridized carbons (Fsp3) is 0.643. The summed E-state index contributed by atoms with van der Waals surface area (Å²) < 4.78 is 4.96. The molecule has 0 fully saturated rings. The number of hydrogen-bond donors (Lipinski definition) is 2. The van der Waals surface area contributed by atoms with Crippen LogP contribution in [0.2, 0.25) is 0 Å². The van der Waals surface area contributed by atoms with Gasteiger partial charge in [0.05, 0.1) is 17.6 Å². The molecule has 2 N–H and O–H groups in total. The average molecular weight is 299 g/mol. The van der Waals surface area contributed by atoms with Crippen LogP contribution in [0.1, 0.15) is 27.7 Å². The minimum atomic E-state index is -1.19. The molecule has 1 aliphatic heterocycles. The number of amides is 2. The first-order valence-electron chi connectivity index (χ1n) is 6.58. The summed E-state index contributed by atoms with van der Waals surface area (Å²) in [4.78, 5) is 36.8. The molecule has 1 unspecified atom stereocenters. The highest BCUT2D eigenvalue weighted by Crippen LogP contribution is 2.38. The Hall–Kier alpha value is -1.73. The monoisotopic (exact) mass is 299 g/mol. The minimum absolute atomic E-state index is 0.352. The molecule has 2 amide bonds. The van der Waals surface area contributed by atoms with Crippen molar-refractivity contribution < 1.29 is 29.3 Å². The maximum Gasteiger partial charge on any atom is 0.313 e. The van der Waals surface area contributed by atoms with E-state index in [1.807, 2.05) is 0 Å². The molecule has 0 spiro atoms. The standard InChI is InChI=1S/C14H21NO6/c1-13(2,12(20)21-8-9(17)7-16)14(3,4)15-10(18)5-6-11(15)19/h5-6,9,16-17H,7-8H2,1-4H3. The summed E-state index contributed by atoms with van der Waals surface area (Å²) in [7, 11) is 0. The summed E-state index contributed by atoms with van der Waals surface area (Å²) in [5, 5.41) is 17.9. The largest absolute Gasteiger partial charge is 0.462 e. The molecule has 0 aromatic carbocycles. The zero-order valence-electron chi connectivity index (χ0n) is 12.6. The summed E-state index contributed by atoms with van der Waals surface area (Å²) >= 11 is 0. The van der Waals surface area contributed by atoms with Crippen LogP contribution in [-0.2, 0) is 19.1 Å². The molecule has 0 aromatic heterocycles. The predicted molar refractivity (Wildman–Crippen MR) is 72.9 cm³/mol. The van der Waals surface area contributed by atoms with E-state index in [-0.39, 0.29) is 6.61 Å². The van der Waals surface area contributed by atoms with Crippen LogP contribution in [0.4, 0.5) is 0 Å². The third-order valence-electron chi connectivity index (χ3n) is 4.03. The van der Waals surface area contributed by atoms with Crippen molar-refractivity contribution in [2.45, 2.75) is 39.3 Å². The van der Waals surface area contributed by atoms with Gasteiger partial charge in [0.2, 0.25) is 0 Å². The maximum atomic E-state index is 12.2. The Balaban J connectivity index is 2.91. The Morgan fingerprint density at radius 2 is 1.71 bits per heavy atom. The van der Waals surface area contributed by atoms with E-state index in [0.29, 0.717) is 0 Å². The predicted octanol–water partition coefficient (Wildman–Crippen LogP) is -0.387. The van der Waals surface area contributed by atoms with Crippen molar-refractivity contribution in [1.29, 1.82) is 0 Å². The topological polar surface area (TPSA) is 104 Å². The van der Waals surface area contributed by atoms with Crippen LogP contribution in [0.25, 0.3) is 0 Å². The van der Waals surface area contributed by atoms with Crippen LogP contribution in [0, 0.1) is 5.41 Å². The van der Waals surface area contributed by atoms with E-state index < -0.39 is 41.4 Å². The number of carbonyl (C=O) groups is 3. The molecule has 118 valence electrons. The van der Waals surface area contributed by atoms with Crippen molar-refractivity contribution in [2.75, 3.05) is 13.2 Å². The van der Waals surface area contributed by atoms with Crippen LogP contribution in [0.15, 0.2) is 12.2 Å². The molecule has 7 heteroatoms. The van der Waals surface area contributed by atoms with E-state index >= 15 is 0 Å². The van der Waals surface area contributed by atoms with Gasteiger partial charge in [-0.2, -0.15) is 0 Å². The average Bonchev–Trinajstić information content (AvgIpc) is 2.74. The van der Waals surface area contributed by atoms with Gasteiger partial charge in [-0.05, 0) is 27.7 Å². The van der Waals surface area contributed by atoms with Gasteiger partial charge in [0.25, 0.3) is 11.8 Å². The highest BCUT2D eigenvalue weighted by Gasteiger charge is 2.52. The lowest BCUT2D eigenvalue weighted by Gasteiger charge is -2.44. The van der Waals surface area contributed by atoms with Crippen LogP contribution < -0.4 is 0 Å². The highest BCUT2D eigenvalue weighted by molar-refractivity contribution is 6.13. The van der Waals surface area contributed by atoms with Gasteiger partial charge in [0.1, 0.15) is 12.7 Å². The molecule has 1 rings (SSSR count). The Morgan fingerprint density at radius 3 is 2.14 bits per heavy atom. The number of ether oxygens (including phenoxy) is 1. The van der Waals surface area contributed by atoms with Gasteiger partial charge < -0.3 is 14.9 Å². The van der Waals surface area contributed by atoms with E-state index in [0.717, 1.165) is 17.1 Å². The number of imide groups is 1. The quantitative estimate of drug-likeness (QED) is 0.511. The number of nitrogens with zero attached hydrogens (tertiary/aromatic N) is 1. The highest BCUT2D eigenvalue weighted by atomic mass is 16.5. The van der Waals surface area contributed by atoms with Gasteiger partial charge in [0, 0.05) is 12.2 Å². The van der Waals surface area contributed by atoms with Crippen molar-refractivity contribution in [2.24, 2.45) is 5.41 Å². The summed E-state index contributed by atoms with van der Waals surface area (Å²) in [6.07, 6.45) is 1.15. The Bertz CT molecular complexity index is 462. The lowest BCUT2D eigenvalue weighted by molar-refractivity contribution is -0.169. The van der Waals surface area contributed by atoms with E-state index in [9.17, 15) is 19.5 Å². The van der Waals surface area contributed by atoms with Crippen molar-refractivity contribution in [3.63, 3.8) is 0 Å². The fourth-order valence-corrected chi connectivity index (χ4v) is 1.89. The van der Waals surface area contributed by atoms with Crippen molar-refractivity contribution in [3.05, 3.63) is 12.2 Å². The first kappa shape index (κ1) is 17.3. The molecule has 0 aliphatic carbocycles. The number of esters is 1. The van der Waals surface area contributed by atoms with Crippen molar-refractivity contribution in [3.8, 4) is 0 Å². The molecule has 0 saturated heterocycles. The molecular formula is C14H21NO6. The molecule has 21 heavy (non-hydrogen) atoms. The second kappa shape index (κ2) is 5.95. The third-order valence-corrected chi connectivity index (χ3v) is 4.03. The first-order chi connectivity index (χ1) is 9.55. The Morgan fingerprint density at radius 1 is 1.24 bits per heavy atom. The smallest absolute Gasteiger partial charge is 0.313 e. The van der Waals surface area contributed by atoms with E-state index in [4.69, 9.17) is 9.84 Å². The van der Waals surface area contributed by atoms with Crippen molar-refractivity contribution in [1.82, 2.24) is 4.90 Å². The molecule has 0 radical (unpaired) electrons. The van der Waals surface area contributed by atoms with Gasteiger partial charge in [-0.3, -0.25) is 19.3 Å². The maximum absolute atomic E-state index is 12.2. The second-order valence-corrected chi connectivity index (χ2v) is 5.96. The minimum Gasteiger partial charge on any atom is -0.462 e. The molecule has 1 aliphatic rings. The lowest BCUT2D eigenvalue weighted by atomic mass is 9.73. The third kappa shape index (κ3) is 3.14. The summed E-state index contributed by atoms with van der Waals surface area (Å²) in [5.74, 6) is -1.64. The molecule has 1 atom stereocenters. The molecule has 0 aromatic rings. The van der Waals surface area contributed by atoms with E-state index in [1.54, 1.807) is 27.7 Å². The van der Waals surface area contributed by atoms with Gasteiger partial charge >= 0.3 is 5.97 Å². The first-order valence-corrected chi connectivity index (χ1v) is 6.58. The molecular weight excluding hydrogens is 278 g/mol. The van der Waals surface area contributed by atoms with Gasteiger partial charge in [-0.25, -0.2) is 0 Å². The lowest BCUT2D eigenvalue weighted by Crippen LogP contribution is -2.59. The summed E-state index contributed by atoms with van der Waals surface area (Å²) in [6, 6.07) is 0. The fourth-order valence-electron chi connectivity index (χ4n) is 1.89. The van der Waals surface area contributed by atoms with Crippen LogP contribution in [-0.4, -0.2) is 57.8 Å². The van der Waals surface area contributed by atoms with Crippen LogP contribution >= 0.6 is 0 Å². The molecule has 0 saturated carbocycles. The zero-order chi connectivity index (χ0) is 16.4. The number of aliphatic hydroxyl groups excluding tert-OH is 2. The molecule has 0 bridgehead atoms. The molecule has 1 heterocycles. The van der Waals surface area contributed by atoms with Gasteiger partial charge in [-0.1, -0.05) is 0 Å². The Labute approximate surface area is 123 Å². The van der Waals surface area contributed by atoms with Crippen molar-refractivity contribution >= 4 is 17.8 Å². The van der Waals surface area contributed by atoms with Crippen LogP contribution in [0.5, 0.6) is 0 Å². The van der Waals surface area contributed by atoms with Crippen LogP contribution in [0.3, 0.4) is 0 Å². The van der Waals surface area contributed by atoms with Gasteiger partial charge in [0.15, 0.2) is 0 Å². The SMILES string of the molecule is CC(C)(C(=O)OCC(O)CO)C(C)(C)N1C(=O)C=CC1=O. The molecule has 7 nitrogen and oxygen atoms in total. The zero-order valence-corrected chi connectivity index (χ0v) is 12.6. The van der Waals surface area contributed by atoms with E-state index in [2.05, 4.69) is 0 Å². The van der Waals surface area contributed by atoms with E-state index in [1.165, 1.54) is 0 Å². The Kier molecular flexibility index (Phi) is 4.91. The number of rotatable bonds is 6. The summed E-state index contributed by atoms with van der Waals surface area (Å²) in [6.45, 7) is 5.43. The number of carbonyl (C=O) groups excluding carboxylic acids is 3. The normalized spacial score (nSPS) is 17.3. The number of aliphatic hydroxyl groups is 2. The second-order valence-electron chi connectivity index (χ2n) is 5.96. The number of hydrogen-bond acceptors (Lipinski definition) is 6.